The van der Waals surface area contributed by atoms with Gasteiger partial charge in [0.1, 0.15) is 0 Å². The Labute approximate surface area is 91.0 Å². The topological polar surface area (TPSA) is 69.1 Å². The van der Waals surface area contributed by atoms with Crippen molar-refractivity contribution in [2.24, 2.45) is 17.4 Å². The molecule has 4 N–H and O–H groups in total. The number of amides is 1. The fourth-order valence-electron chi connectivity index (χ4n) is 0.772. The van der Waals surface area contributed by atoms with Crippen molar-refractivity contribution in [2.75, 3.05) is 5.75 Å². The second-order valence-corrected chi connectivity index (χ2v) is 5.84. The highest BCUT2D eigenvalue weighted by atomic mass is 32.2. The van der Waals surface area contributed by atoms with E-state index in [1.54, 1.807) is 6.92 Å². The number of carbonyl (C=O) groups is 1. The molecule has 84 valence electrons. The maximum Gasteiger partial charge on any atom is 0.237 e. The van der Waals surface area contributed by atoms with Gasteiger partial charge in [0.2, 0.25) is 5.91 Å². The van der Waals surface area contributed by atoms with Crippen molar-refractivity contribution in [3.05, 3.63) is 0 Å². The van der Waals surface area contributed by atoms with Crippen LogP contribution in [0.3, 0.4) is 0 Å². The Bertz CT molecular complexity index is 193. The molecule has 0 saturated heterocycles. The molecule has 0 spiro atoms. The quantitative estimate of drug-likeness (QED) is 0.707. The second kappa shape index (κ2) is 5.61. The van der Waals surface area contributed by atoms with Crippen LogP contribution in [0.25, 0.3) is 0 Å². The van der Waals surface area contributed by atoms with Crippen LogP contribution < -0.4 is 11.5 Å². The summed E-state index contributed by atoms with van der Waals surface area (Å²) in [5, 5.41) is 0.596. The third kappa shape index (κ3) is 4.86. The van der Waals surface area contributed by atoms with Crippen LogP contribution in [0, 0.1) is 5.92 Å². The molecule has 0 rings (SSSR count). The van der Waals surface area contributed by atoms with E-state index in [0.29, 0.717) is 17.6 Å². The van der Waals surface area contributed by atoms with Crippen LogP contribution in [0.15, 0.2) is 0 Å². The lowest BCUT2D eigenvalue weighted by Crippen LogP contribution is -2.49. The van der Waals surface area contributed by atoms with Crippen LogP contribution in [0.2, 0.25) is 0 Å². The van der Waals surface area contributed by atoms with Crippen molar-refractivity contribution in [2.45, 2.75) is 44.9 Å². The summed E-state index contributed by atoms with van der Waals surface area (Å²) in [7, 11) is 0. The first-order chi connectivity index (χ1) is 6.27. The van der Waals surface area contributed by atoms with Crippen LogP contribution in [-0.4, -0.2) is 22.4 Å². The first kappa shape index (κ1) is 13.8. The maximum absolute atomic E-state index is 10.9. The highest BCUT2D eigenvalue weighted by Gasteiger charge is 2.25. The third-order valence-corrected chi connectivity index (χ3v) is 4.01. The molecule has 0 aromatic rings. The lowest BCUT2D eigenvalue weighted by atomic mass is 10.0. The van der Waals surface area contributed by atoms with E-state index in [-0.39, 0.29) is 0 Å². The number of rotatable bonds is 6. The van der Waals surface area contributed by atoms with Crippen molar-refractivity contribution in [3.63, 3.8) is 0 Å². The van der Waals surface area contributed by atoms with Crippen LogP contribution in [0.1, 0.15) is 34.1 Å². The summed E-state index contributed by atoms with van der Waals surface area (Å²) in [4.78, 5) is 10.9. The molecule has 0 fully saturated rings. The molecular formula is C10H22N2OS. The Morgan fingerprint density at radius 2 is 1.93 bits per heavy atom. The monoisotopic (exact) mass is 218 g/mol. The van der Waals surface area contributed by atoms with E-state index >= 15 is 0 Å². The van der Waals surface area contributed by atoms with Gasteiger partial charge in [-0.05, 0) is 25.0 Å². The van der Waals surface area contributed by atoms with E-state index in [0.717, 1.165) is 5.75 Å². The van der Waals surface area contributed by atoms with Crippen molar-refractivity contribution in [1.29, 1.82) is 0 Å². The highest BCUT2D eigenvalue weighted by Crippen LogP contribution is 2.21. The summed E-state index contributed by atoms with van der Waals surface area (Å²) < 4.78 is 0. The van der Waals surface area contributed by atoms with Gasteiger partial charge in [0.25, 0.3) is 0 Å². The molecule has 0 heterocycles. The molecule has 2 unspecified atom stereocenters. The molecule has 0 aliphatic carbocycles. The van der Waals surface area contributed by atoms with Crippen molar-refractivity contribution < 1.29 is 4.79 Å². The molecule has 0 aliphatic rings. The molecule has 0 aromatic heterocycles. The molecule has 1 amide bonds. The zero-order valence-electron chi connectivity index (χ0n) is 9.54. The van der Waals surface area contributed by atoms with E-state index < -0.39 is 11.4 Å². The number of primary amides is 1. The minimum atomic E-state index is -0.857. The van der Waals surface area contributed by atoms with Crippen molar-refractivity contribution >= 4 is 17.7 Å². The molecule has 0 radical (unpaired) electrons. The normalized spacial score (nSPS) is 17.9. The number of hydrogen-bond donors (Lipinski definition) is 2. The van der Waals surface area contributed by atoms with E-state index in [2.05, 4.69) is 20.8 Å². The number of nitrogens with two attached hydrogens (primary N) is 2. The predicted molar refractivity (Wildman–Crippen MR) is 63.2 cm³/mol. The van der Waals surface area contributed by atoms with Gasteiger partial charge < -0.3 is 11.5 Å². The molecule has 2 atom stereocenters. The molecule has 0 aromatic carbocycles. The number of thioether (sulfide) groups is 1. The molecule has 0 bridgehead atoms. The Balaban J connectivity index is 3.79. The van der Waals surface area contributed by atoms with Gasteiger partial charge >= 0.3 is 0 Å². The van der Waals surface area contributed by atoms with E-state index in [4.69, 9.17) is 11.5 Å². The summed E-state index contributed by atoms with van der Waals surface area (Å²) in [6, 6.07) is 0. The van der Waals surface area contributed by atoms with Gasteiger partial charge in [-0.25, -0.2) is 0 Å². The molecule has 4 heteroatoms. The van der Waals surface area contributed by atoms with Crippen LogP contribution in [0.4, 0.5) is 0 Å². The largest absolute Gasteiger partial charge is 0.368 e. The minimum absolute atomic E-state index is 0.421. The first-order valence-electron chi connectivity index (χ1n) is 4.97. The van der Waals surface area contributed by atoms with Gasteiger partial charge in [0.15, 0.2) is 0 Å². The van der Waals surface area contributed by atoms with Crippen LogP contribution in [-0.2, 0) is 4.79 Å². The smallest absolute Gasteiger partial charge is 0.237 e. The lowest BCUT2D eigenvalue weighted by Gasteiger charge is -2.22. The summed E-state index contributed by atoms with van der Waals surface area (Å²) in [6.45, 7) is 8.25. The maximum atomic E-state index is 10.9. The Morgan fingerprint density at radius 1 is 1.43 bits per heavy atom. The molecule has 0 saturated carbocycles. The van der Waals surface area contributed by atoms with Crippen molar-refractivity contribution in [1.82, 2.24) is 0 Å². The van der Waals surface area contributed by atoms with Gasteiger partial charge in [-0.2, -0.15) is 11.8 Å². The fraction of sp³-hybridized carbons (Fsp3) is 0.900. The zero-order chi connectivity index (χ0) is 11.4. The lowest BCUT2D eigenvalue weighted by molar-refractivity contribution is -0.122. The van der Waals surface area contributed by atoms with Gasteiger partial charge in [-0.1, -0.05) is 20.8 Å². The van der Waals surface area contributed by atoms with Gasteiger partial charge in [0, 0.05) is 5.25 Å². The fourth-order valence-corrected chi connectivity index (χ4v) is 2.07. The summed E-state index contributed by atoms with van der Waals surface area (Å²) in [6.07, 6.45) is 0.643. The number of carbonyl (C=O) groups excluding carboxylic acids is 1. The third-order valence-electron chi connectivity index (χ3n) is 2.50. The van der Waals surface area contributed by atoms with Gasteiger partial charge in [-0.15, -0.1) is 0 Å². The molecule has 3 nitrogen and oxygen atoms in total. The Hall–Kier alpha value is -0.220. The van der Waals surface area contributed by atoms with Crippen molar-refractivity contribution in [3.8, 4) is 0 Å². The summed E-state index contributed by atoms with van der Waals surface area (Å²) >= 11 is 1.84. The highest BCUT2D eigenvalue weighted by molar-refractivity contribution is 7.99. The Kier molecular flexibility index (Phi) is 5.52. The standard InChI is InChI=1S/C10H22N2OS/c1-7(2)8(3)14-6-5-10(4,12)9(11)13/h7-8H,5-6,12H2,1-4H3,(H2,11,13). The van der Waals surface area contributed by atoms with Gasteiger partial charge in [0.05, 0.1) is 5.54 Å². The van der Waals surface area contributed by atoms with E-state index in [1.165, 1.54) is 0 Å². The number of hydrogen-bond acceptors (Lipinski definition) is 3. The molecular weight excluding hydrogens is 196 g/mol. The van der Waals surface area contributed by atoms with Crippen LogP contribution >= 0.6 is 11.8 Å². The molecule has 14 heavy (non-hydrogen) atoms. The second-order valence-electron chi connectivity index (χ2n) is 4.35. The Morgan fingerprint density at radius 3 is 2.29 bits per heavy atom. The first-order valence-corrected chi connectivity index (χ1v) is 6.02. The summed E-state index contributed by atoms with van der Waals surface area (Å²) in [5.74, 6) is 1.11. The van der Waals surface area contributed by atoms with Gasteiger partial charge in [-0.3, -0.25) is 4.79 Å². The van der Waals surface area contributed by atoms with E-state index in [1.807, 2.05) is 11.8 Å². The average molecular weight is 218 g/mol. The SMILES string of the molecule is CC(C)C(C)SCCC(C)(N)C(N)=O. The zero-order valence-corrected chi connectivity index (χ0v) is 10.4. The minimum Gasteiger partial charge on any atom is -0.368 e. The van der Waals surface area contributed by atoms with E-state index in [9.17, 15) is 4.79 Å². The predicted octanol–water partition coefficient (Wildman–Crippen LogP) is 1.36. The summed E-state index contributed by atoms with van der Waals surface area (Å²) in [5.41, 5.74) is 10.1. The molecule has 0 aliphatic heterocycles. The van der Waals surface area contributed by atoms with Crippen LogP contribution in [0.5, 0.6) is 0 Å². The average Bonchev–Trinajstić information content (AvgIpc) is 2.03.